The van der Waals surface area contributed by atoms with Gasteiger partial charge in [-0.15, -0.1) is 22.7 Å². The predicted molar refractivity (Wildman–Crippen MR) is 87.9 cm³/mol. The monoisotopic (exact) mass is 324 g/mol. The summed E-state index contributed by atoms with van der Waals surface area (Å²) in [5.41, 5.74) is -1.04. The van der Waals surface area contributed by atoms with Crippen LogP contribution in [0, 0.1) is 0 Å². The lowest BCUT2D eigenvalue weighted by atomic mass is 10.1. The van der Waals surface area contributed by atoms with E-state index in [4.69, 9.17) is 0 Å². The number of nitrogens with one attached hydrogen (secondary N) is 2. The van der Waals surface area contributed by atoms with Crippen molar-refractivity contribution in [3.05, 3.63) is 44.8 Å². The molecule has 2 rings (SSSR count). The summed E-state index contributed by atoms with van der Waals surface area (Å²) in [6.07, 6.45) is 0.812. The van der Waals surface area contributed by atoms with Crippen molar-refractivity contribution in [2.24, 2.45) is 0 Å². The van der Waals surface area contributed by atoms with Gasteiger partial charge in [-0.05, 0) is 36.7 Å². The van der Waals surface area contributed by atoms with Crippen molar-refractivity contribution in [1.82, 2.24) is 10.6 Å². The summed E-state index contributed by atoms with van der Waals surface area (Å²) >= 11 is 3.16. The minimum absolute atomic E-state index is 0.0512. The molecule has 0 unspecified atom stereocenters. The molecule has 0 radical (unpaired) electrons. The van der Waals surface area contributed by atoms with E-state index in [-0.39, 0.29) is 18.6 Å². The Bertz CT molecular complexity index is 550. The first-order chi connectivity index (χ1) is 9.97. The van der Waals surface area contributed by atoms with E-state index in [2.05, 4.69) is 16.7 Å². The lowest BCUT2D eigenvalue weighted by Gasteiger charge is -2.23. The molecule has 3 N–H and O–H groups in total. The molecule has 0 spiro atoms. The zero-order valence-electron chi connectivity index (χ0n) is 12.1. The first-order valence-electron chi connectivity index (χ1n) is 6.80. The summed E-state index contributed by atoms with van der Waals surface area (Å²) in [6, 6.07) is 7.61. The Morgan fingerprint density at radius 2 is 2.05 bits per heavy atom. The largest absolute Gasteiger partial charge is 0.383 e. The molecular formula is C15H20N2O2S2. The van der Waals surface area contributed by atoms with Crippen molar-refractivity contribution >= 4 is 28.7 Å². The van der Waals surface area contributed by atoms with Gasteiger partial charge in [-0.2, -0.15) is 0 Å². The third kappa shape index (κ3) is 4.84. The summed E-state index contributed by atoms with van der Waals surface area (Å²) in [5.74, 6) is 0. The molecule has 0 aliphatic heterocycles. The van der Waals surface area contributed by atoms with E-state index < -0.39 is 5.60 Å². The van der Waals surface area contributed by atoms with Gasteiger partial charge in [0.1, 0.15) is 5.60 Å². The van der Waals surface area contributed by atoms with Crippen molar-refractivity contribution in [2.75, 3.05) is 6.54 Å². The van der Waals surface area contributed by atoms with Crippen molar-refractivity contribution in [3.63, 3.8) is 0 Å². The number of hydrogen-bond acceptors (Lipinski definition) is 4. The Hall–Kier alpha value is -1.37. The summed E-state index contributed by atoms with van der Waals surface area (Å²) < 4.78 is 0. The highest BCUT2D eigenvalue weighted by Gasteiger charge is 2.25. The Kier molecular flexibility index (Phi) is 5.39. The predicted octanol–water partition coefficient (Wildman–Crippen LogP) is 2.95. The topological polar surface area (TPSA) is 61.4 Å². The molecule has 0 aromatic carbocycles. The van der Waals surface area contributed by atoms with Gasteiger partial charge in [0.05, 0.1) is 6.54 Å². The number of urea groups is 1. The maximum absolute atomic E-state index is 11.9. The van der Waals surface area contributed by atoms with Crippen LogP contribution in [0.25, 0.3) is 0 Å². The number of aliphatic hydroxyl groups is 1. The third-order valence-corrected chi connectivity index (χ3v) is 5.13. The SMILES string of the molecule is C[C@H](Cc1cccs1)NC(=O)NC[C@@](C)(O)c1cccs1. The minimum Gasteiger partial charge on any atom is -0.383 e. The van der Waals surface area contributed by atoms with Crippen LogP contribution in [0.4, 0.5) is 4.79 Å². The standard InChI is InChI=1S/C15H20N2O2S2/c1-11(9-12-5-3-7-20-12)17-14(18)16-10-15(2,19)13-6-4-8-21-13/h3-8,11,19H,9-10H2,1-2H3,(H2,16,17,18)/t11-,15-/m1/s1. The van der Waals surface area contributed by atoms with Gasteiger partial charge >= 0.3 is 6.03 Å². The third-order valence-electron chi connectivity index (χ3n) is 3.11. The zero-order valence-corrected chi connectivity index (χ0v) is 13.8. The van der Waals surface area contributed by atoms with Crippen LogP contribution >= 0.6 is 22.7 Å². The molecule has 0 fully saturated rings. The number of rotatable bonds is 6. The fourth-order valence-electron chi connectivity index (χ4n) is 1.98. The Morgan fingerprint density at radius 3 is 2.67 bits per heavy atom. The average molecular weight is 324 g/mol. The number of carbonyl (C=O) groups is 1. The Morgan fingerprint density at radius 1 is 1.33 bits per heavy atom. The molecule has 0 aliphatic rings. The van der Waals surface area contributed by atoms with Crippen molar-refractivity contribution in [3.8, 4) is 0 Å². The van der Waals surface area contributed by atoms with Crippen LogP contribution in [-0.2, 0) is 12.0 Å². The summed E-state index contributed by atoms with van der Waals surface area (Å²) in [4.78, 5) is 14.0. The van der Waals surface area contributed by atoms with Crippen LogP contribution in [0.2, 0.25) is 0 Å². The summed E-state index contributed by atoms with van der Waals surface area (Å²) in [6.45, 7) is 3.86. The summed E-state index contributed by atoms with van der Waals surface area (Å²) in [5, 5.41) is 19.9. The lowest BCUT2D eigenvalue weighted by molar-refractivity contribution is 0.0630. The summed E-state index contributed by atoms with van der Waals surface area (Å²) in [7, 11) is 0. The first kappa shape index (κ1) is 16.0. The fourth-order valence-corrected chi connectivity index (χ4v) is 3.60. The van der Waals surface area contributed by atoms with Crippen LogP contribution in [0.3, 0.4) is 0 Å². The van der Waals surface area contributed by atoms with Gasteiger partial charge in [0.25, 0.3) is 0 Å². The van der Waals surface area contributed by atoms with Gasteiger partial charge in [0.2, 0.25) is 0 Å². The molecule has 2 heterocycles. The second kappa shape index (κ2) is 7.06. The van der Waals surface area contributed by atoms with Gasteiger partial charge in [-0.1, -0.05) is 12.1 Å². The van der Waals surface area contributed by atoms with Gasteiger partial charge in [0.15, 0.2) is 0 Å². The molecule has 0 saturated heterocycles. The van der Waals surface area contributed by atoms with Crippen LogP contribution in [-0.4, -0.2) is 23.7 Å². The maximum atomic E-state index is 11.9. The van der Waals surface area contributed by atoms with Crippen molar-refractivity contribution < 1.29 is 9.90 Å². The van der Waals surface area contributed by atoms with E-state index in [9.17, 15) is 9.90 Å². The quantitative estimate of drug-likeness (QED) is 0.765. The van der Waals surface area contributed by atoms with E-state index in [1.54, 1.807) is 18.3 Å². The number of carbonyl (C=O) groups excluding carboxylic acids is 1. The Balaban J connectivity index is 1.77. The normalized spacial score (nSPS) is 15.2. The van der Waals surface area contributed by atoms with E-state index in [0.717, 1.165) is 11.3 Å². The average Bonchev–Trinajstić information content (AvgIpc) is 3.09. The van der Waals surface area contributed by atoms with Crippen molar-refractivity contribution in [2.45, 2.75) is 31.9 Å². The number of amides is 2. The van der Waals surface area contributed by atoms with E-state index >= 15 is 0 Å². The zero-order chi connectivity index (χ0) is 15.3. The van der Waals surface area contributed by atoms with E-state index in [1.807, 2.05) is 35.9 Å². The number of hydrogen-bond donors (Lipinski definition) is 3. The molecule has 2 aromatic rings. The molecule has 0 bridgehead atoms. The highest BCUT2D eigenvalue weighted by molar-refractivity contribution is 7.10. The molecule has 6 heteroatoms. The van der Waals surface area contributed by atoms with Crippen LogP contribution < -0.4 is 10.6 Å². The first-order valence-corrected chi connectivity index (χ1v) is 8.56. The Labute approximate surface area is 132 Å². The smallest absolute Gasteiger partial charge is 0.315 e. The minimum atomic E-state index is -1.04. The van der Waals surface area contributed by atoms with Crippen LogP contribution in [0.1, 0.15) is 23.6 Å². The van der Waals surface area contributed by atoms with Gasteiger partial charge < -0.3 is 15.7 Å². The lowest BCUT2D eigenvalue weighted by Crippen LogP contribution is -2.46. The van der Waals surface area contributed by atoms with Crippen LogP contribution in [0.5, 0.6) is 0 Å². The molecule has 2 amide bonds. The van der Waals surface area contributed by atoms with Gasteiger partial charge in [-0.3, -0.25) is 0 Å². The van der Waals surface area contributed by atoms with E-state index in [1.165, 1.54) is 16.2 Å². The molecule has 4 nitrogen and oxygen atoms in total. The highest BCUT2D eigenvalue weighted by atomic mass is 32.1. The second-order valence-corrected chi connectivity index (χ2v) is 7.24. The molecule has 114 valence electrons. The van der Waals surface area contributed by atoms with Crippen molar-refractivity contribution in [1.29, 1.82) is 0 Å². The molecule has 0 saturated carbocycles. The van der Waals surface area contributed by atoms with E-state index in [0.29, 0.717) is 0 Å². The van der Waals surface area contributed by atoms with Gasteiger partial charge in [-0.25, -0.2) is 4.79 Å². The second-order valence-electron chi connectivity index (χ2n) is 5.26. The molecule has 0 aliphatic carbocycles. The van der Waals surface area contributed by atoms with Gasteiger partial charge in [0, 0.05) is 22.2 Å². The molecule has 2 aromatic heterocycles. The fraction of sp³-hybridized carbons (Fsp3) is 0.400. The maximum Gasteiger partial charge on any atom is 0.315 e. The van der Waals surface area contributed by atoms with Crippen LogP contribution in [0.15, 0.2) is 35.0 Å². The molecule has 21 heavy (non-hydrogen) atoms. The highest BCUT2D eigenvalue weighted by Crippen LogP contribution is 2.24. The molecule has 2 atom stereocenters. The molecular weight excluding hydrogens is 304 g/mol. The number of thiophene rings is 2.